The molecule has 0 radical (unpaired) electrons. The van der Waals surface area contributed by atoms with Gasteiger partial charge >= 0.3 is 0 Å². The zero-order chi connectivity index (χ0) is 14.5. The van der Waals surface area contributed by atoms with E-state index in [2.05, 4.69) is 19.2 Å². The van der Waals surface area contributed by atoms with Crippen molar-refractivity contribution >= 4 is 17.5 Å². The Bertz CT molecular complexity index is 595. The molecule has 0 aliphatic carbocycles. The monoisotopic (exact) mass is 274 g/mol. The van der Waals surface area contributed by atoms with Gasteiger partial charge in [-0.2, -0.15) is 0 Å². The third-order valence-electron chi connectivity index (χ3n) is 4.09. The van der Waals surface area contributed by atoms with Gasteiger partial charge in [0.1, 0.15) is 0 Å². The summed E-state index contributed by atoms with van der Waals surface area (Å²) in [6.45, 7) is 6.54. The van der Waals surface area contributed by atoms with Crippen LogP contribution >= 0.6 is 0 Å². The third kappa shape index (κ3) is 1.85. The lowest BCUT2D eigenvalue weighted by atomic mass is 9.88. The van der Waals surface area contributed by atoms with Crippen LogP contribution in [0.5, 0.6) is 5.75 Å². The predicted molar refractivity (Wildman–Crippen MR) is 74.9 cm³/mol. The standard InChI is InChI=1S/C15H18N2O3/c1-9-13(18)16-11-6-4-5-10(12(11)20-9)14(19)17-8-7-15(17,2)3/h4-6,9H,7-8H2,1-3H3,(H,16,18). The molecule has 1 atom stereocenters. The quantitative estimate of drug-likeness (QED) is 0.852. The van der Waals surface area contributed by atoms with Gasteiger partial charge in [-0.1, -0.05) is 6.07 Å². The normalized spacial score (nSPS) is 23.2. The first-order valence-electron chi connectivity index (χ1n) is 6.83. The molecule has 2 aliphatic heterocycles. The number of nitrogens with one attached hydrogen (secondary N) is 1. The Morgan fingerprint density at radius 3 is 2.80 bits per heavy atom. The molecule has 1 aromatic carbocycles. The van der Waals surface area contributed by atoms with Crippen molar-refractivity contribution in [2.45, 2.75) is 38.8 Å². The highest BCUT2D eigenvalue weighted by Crippen LogP contribution is 2.37. The molecular formula is C15H18N2O3. The van der Waals surface area contributed by atoms with Gasteiger partial charge in [-0.3, -0.25) is 9.59 Å². The number of hydrogen-bond acceptors (Lipinski definition) is 3. The lowest BCUT2D eigenvalue weighted by Crippen LogP contribution is -2.58. The van der Waals surface area contributed by atoms with E-state index in [4.69, 9.17) is 4.74 Å². The van der Waals surface area contributed by atoms with Gasteiger partial charge < -0.3 is 15.0 Å². The summed E-state index contributed by atoms with van der Waals surface area (Å²) < 4.78 is 5.62. The number of carbonyl (C=O) groups excluding carboxylic acids is 2. The summed E-state index contributed by atoms with van der Waals surface area (Å²) in [4.78, 5) is 26.1. The van der Waals surface area contributed by atoms with Gasteiger partial charge in [-0.15, -0.1) is 0 Å². The summed E-state index contributed by atoms with van der Waals surface area (Å²) >= 11 is 0. The van der Waals surface area contributed by atoms with E-state index >= 15 is 0 Å². The van der Waals surface area contributed by atoms with Gasteiger partial charge in [0, 0.05) is 12.1 Å². The van der Waals surface area contributed by atoms with Crippen LogP contribution in [0, 0.1) is 0 Å². The van der Waals surface area contributed by atoms with Gasteiger partial charge in [0.05, 0.1) is 11.3 Å². The Kier molecular flexibility index (Phi) is 2.74. The van der Waals surface area contributed by atoms with Gasteiger partial charge in [0.25, 0.3) is 11.8 Å². The van der Waals surface area contributed by atoms with E-state index in [9.17, 15) is 9.59 Å². The van der Waals surface area contributed by atoms with Crippen molar-refractivity contribution in [3.05, 3.63) is 23.8 Å². The second-order valence-corrected chi connectivity index (χ2v) is 5.95. The number of anilines is 1. The highest BCUT2D eigenvalue weighted by Gasteiger charge is 2.41. The molecule has 5 heteroatoms. The van der Waals surface area contributed by atoms with Crippen molar-refractivity contribution in [3.63, 3.8) is 0 Å². The van der Waals surface area contributed by atoms with E-state index in [1.165, 1.54) is 0 Å². The molecule has 2 aliphatic rings. The first-order valence-corrected chi connectivity index (χ1v) is 6.83. The van der Waals surface area contributed by atoms with Crippen molar-refractivity contribution in [3.8, 4) is 5.75 Å². The number of rotatable bonds is 1. The fourth-order valence-corrected chi connectivity index (χ4v) is 2.59. The van der Waals surface area contributed by atoms with Crippen molar-refractivity contribution in [2.24, 2.45) is 0 Å². The zero-order valence-corrected chi connectivity index (χ0v) is 11.9. The minimum Gasteiger partial charge on any atom is -0.478 e. The predicted octanol–water partition coefficient (Wildman–Crippen LogP) is 2.03. The highest BCUT2D eigenvalue weighted by atomic mass is 16.5. The third-order valence-corrected chi connectivity index (χ3v) is 4.09. The molecule has 1 saturated heterocycles. The Morgan fingerprint density at radius 2 is 2.20 bits per heavy atom. The van der Waals surface area contributed by atoms with Crippen LogP contribution in [0.1, 0.15) is 37.6 Å². The van der Waals surface area contributed by atoms with Gasteiger partial charge in [0.15, 0.2) is 11.9 Å². The number of ether oxygens (including phenoxy) is 1. The molecule has 3 rings (SSSR count). The Hall–Kier alpha value is -2.04. The zero-order valence-electron chi connectivity index (χ0n) is 11.9. The smallest absolute Gasteiger partial charge is 0.265 e. The number of amides is 2. The number of benzene rings is 1. The molecule has 0 aromatic heterocycles. The molecule has 0 bridgehead atoms. The molecule has 1 N–H and O–H groups in total. The van der Waals surface area contributed by atoms with Crippen molar-refractivity contribution in [1.29, 1.82) is 0 Å². The lowest BCUT2D eigenvalue weighted by Gasteiger charge is -2.48. The van der Waals surface area contributed by atoms with E-state index in [0.717, 1.165) is 13.0 Å². The van der Waals surface area contributed by atoms with Gasteiger partial charge in [-0.05, 0) is 39.3 Å². The van der Waals surface area contributed by atoms with E-state index in [1.807, 2.05) is 4.90 Å². The molecular weight excluding hydrogens is 256 g/mol. The second-order valence-electron chi connectivity index (χ2n) is 5.95. The number of para-hydroxylation sites is 1. The van der Waals surface area contributed by atoms with E-state index in [1.54, 1.807) is 25.1 Å². The number of fused-ring (bicyclic) bond motifs is 1. The number of carbonyl (C=O) groups is 2. The van der Waals surface area contributed by atoms with Crippen LogP contribution in [0.25, 0.3) is 0 Å². The van der Waals surface area contributed by atoms with Crippen LogP contribution in [0.3, 0.4) is 0 Å². The molecule has 5 nitrogen and oxygen atoms in total. The maximum Gasteiger partial charge on any atom is 0.265 e. The van der Waals surface area contributed by atoms with Crippen LogP contribution < -0.4 is 10.1 Å². The molecule has 1 fully saturated rings. The number of nitrogens with zero attached hydrogens (tertiary/aromatic N) is 1. The fraction of sp³-hybridized carbons (Fsp3) is 0.467. The number of hydrogen-bond donors (Lipinski definition) is 1. The van der Waals surface area contributed by atoms with Crippen LogP contribution in [0.2, 0.25) is 0 Å². The first-order chi connectivity index (χ1) is 9.40. The average molecular weight is 274 g/mol. The number of likely N-dealkylation sites (tertiary alicyclic amines) is 1. The van der Waals surface area contributed by atoms with Crippen molar-refractivity contribution in [1.82, 2.24) is 4.90 Å². The average Bonchev–Trinajstić information content (AvgIpc) is 2.38. The van der Waals surface area contributed by atoms with Crippen LogP contribution in [-0.2, 0) is 4.79 Å². The summed E-state index contributed by atoms with van der Waals surface area (Å²) in [6, 6.07) is 5.26. The summed E-state index contributed by atoms with van der Waals surface area (Å²) in [5.41, 5.74) is 0.975. The summed E-state index contributed by atoms with van der Waals surface area (Å²) in [5, 5.41) is 2.77. The van der Waals surface area contributed by atoms with Crippen molar-refractivity contribution < 1.29 is 14.3 Å². The van der Waals surface area contributed by atoms with Gasteiger partial charge in [0.2, 0.25) is 0 Å². The van der Waals surface area contributed by atoms with E-state index in [0.29, 0.717) is 17.0 Å². The summed E-state index contributed by atoms with van der Waals surface area (Å²) in [5.74, 6) is 0.250. The molecule has 0 saturated carbocycles. The van der Waals surface area contributed by atoms with E-state index < -0.39 is 6.10 Å². The lowest BCUT2D eigenvalue weighted by molar-refractivity contribution is -0.122. The van der Waals surface area contributed by atoms with Crippen LogP contribution in [0.4, 0.5) is 5.69 Å². The van der Waals surface area contributed by atoms with Crippen LogP contribution in [-0.4, -0.2) is 34.9 Å². The maximum absolute atomic E-state index is 12.6. The Morgan fingerprint density at radius 1 is 1.45 bits per heavy atom. The Labute approximate surface area is 117 Å². The molecule has 1 unspecified atom stereocenters. The Balaban J connectivity index is 1.97. The second kappa shape index (κ2) is 4.23. The molecule has 0 spiro atoms. The van der Waals surface area contributed by atoms with Gasteiger partial charge in [-0.25, -0.2) is 0 Å². The molecule has 2 amide bonds. The largest absolute Gasteiger partial charge is 0.478 e. The SMILES string of the molecule is CC1Oc2c(cccc2C(=O)N2CCC2(C)C)NC1=O. The fourth-order valence-electron chi connectivity index (χ4n) is 2.59. The molecule has 2 heterocycles. The highest BCUT2D eigenvalue weighted by molar-refractivity contribution is 6.04. The first kappa shape index (κ1) is 13.0. The minimum absolute atomic E-state index is 0.0403. The van der Waals surface area contributed by atoms with E-state index in [-0.39, 0.29) is 17.4 Å². The molecule has 1 aromatic rings. The molecule has 20 heavy (non-hydrogen) atoms. The summed E-state index contributed by atoms with van der Waals surface area (Å²) in [7, 11) is 0. The minimum atomic E-state index is -0.583. The van der Waals surface area contributed by atoms with Crippen LogP contribution in [0.15, 0.2) is 18.2 Å². The maximum atomic E-state index is 12.6. The summed E-state index contributed by atoms with van der Waals surface area (Å²) in [6.07, 6.45) is 0.419. The molecule has 106 valence electrons. The van der Waals surface area contributed by atoms with Crippen molar-refractivity contribution in [2.75, 3.05) is 11.9 Å². The topological polar surface area (TPSA) is 58.6 Å².